The van der Waals surface area contributed by atoms with Crippen LogP contribution >= 0.6 is 0 Å². The molecule has 0 aliphatic rings. The standard InChI is InChI=1S/C13H13N.C6H11NO4/c1-10-8-13(9-11(2)14-10)12-6-4-3-5-7-12;1-10-5(8)3-7-4-6(9)11-2/h3-9H,1-2H3;7H,3-4H2,1-2H3. The fourth-order valence-corrected chi connectivity index (χ4v) is 2.04. The summed E-state index contributed by atoms with van der Waals surface area (Å²) in [5, 5.41) is 2.54. The number of benzene rings is 1. The second-order valence-electron chi connectivity index (χ2n) is 5.26. The van der Waals surface area contributed by atoms with E-state index in [-0.39, 0.29) is 13.1 Å². The molecule has 0 aliphatic heterocycles. The Morgan fingerprint density at radius 3 is 1.80 bits per heavy atom. The van der Waals surface area contributed by atoms with E-state index in [1.165, 1.54) is 25.3 Å². The number of ether oxygens (including phenoxy) is 2. The lowest BCUT2D eigenvalue weighted by Crippen LogP contribution is -2.29. The van der Waals surface area contributed by atoms with E-state index in [1.807, 2.05) is 19.9 Å². The quantitative estimate of drug-likeness (QED) is 0.839. The van der Waals surface area contributed by atoms with E-state index in [9.17, 15) is 9.59 Å². The highest BCUT2D eigenvalue weighted by Gasteiger charge is 2.02. The molecule has 0 fully saturated rings. The third-order valence-corrected chi connectivity index (χ3v) is 3.18. The number of esters is 2. The van der Waals surface area contributed by atoms with Crippen LogP contribution in [0.15, 0.2) is 42.5 Å². The third-order valence-electron chi connectivity index (χ3n) is 3.18. The number of carbonyl (C=O) groups is 2. The molecule has 0 spiro atoms. The van der Waals surface area contributed by atoms with Crippen LogP contribution in [0, 0.1) is 13.8 Å². The largest absolute Gasteiger partial charge is 0.468 e. The summed E-state index contributed by atoms with van der Waals surface area (Å²) in [4.78, 5) is 25.2. The fraction of sp³-hybridized carbons (Fsp3) is 0.316. The van der Waals surface area contributed by atoms with Crippen molar-refractivity contribution in [3.8, 4) is 11.1 Å². The van der Waals surface area contributed by atoms with E-state index in [0.29, 0.717) is 0 Å². The van der Waals surface area contributed by atoms with Crippen molar-refractivity contribution >= 4 is 11.9 Å². The number of pyridine rings is 1. The minimum Gasteiger partial charge on any atom is -0.468 e. The molecule has 0 radical (unpaired) electrons. The predicted octanol–water partition coefficient (Wildman–Crippen LogP) is 2.29. The number of aryl methyl sites for hydroxylation is 2. The van der Waals surface area contributed by atoms with Crippen molar-refractivity contribution in [2.45, 2.75) is 13.8 Å². The summed E-state index contributed by atoms with van der Waals surface area (Å²) >= 11 is 0. The molecular formula is C19H24N2O4. The van der Waals surface area contributed by atoms with Crippen molar-refractivity contribution in [3.63, 3.8) is 0 Å². The Bertz CT molecular complexity index is 651. The van der Waals surface area contributed by atoms with Gasteiger partial charge < -0.3 is 9.47 Å². The van der Waals surface area contributed by atoms with Crippen LogP contribution in [-0.4, -0.2) is 44.2 Å². The number of nitrogens with one attached hydrogen (secondary N) is 1. The maximum atomic E-state index is 10.4. The first kappa shape index (κ1) is 20.3. The van der Waals surface area contributed by atoms with Gasteiger partial charge in [-0.3, -0.25) is 19.9 Å². The first-order chi connectivity index (χ1) is 12.0. The summed E-state index contributed by atoms with van der Waals surface area (Å²) in [7, 11) is 2.56. The maximum Gasteiger partial charge on any atom is 0.319 e. The smallest absolute Gasteiger partial charge is 0.319 e. The Hall–Kier alpha value is -2.73. The molecule has 0 unspecified atom stereocenters. The van der Waals surface area contributed by atoms with Gasteiger partial charge >= 0.3 is 11.9 Å². The maximum absolute atomic E-state index is 10.4. The van der Waals surface area contributed by atoms with Crippen LogP contribution in [-0.2, 0) is 19.1 Å². The molecule has 1 aromatic heterocycles. The SMILES string of the molecule is COC(=O)CNCC(=O)OC.Cc1cc(-c2ccccc2)cc(C)n1. The van der Waals surface area contributed by atoms with Crippen LogP contribution in [0.3, 0.4) is 0 Å². The molecule has 0 aliphatic carbocycles. The Labute approximate surface area is 148 Å². The zero-order valence-corrected chi connectivity index (χ0v) is 15.0. The number of hydrogen-bond acceptors (Lipinski definition) is 6. The van der Waals surface area contributed by atoms with Crippen molar-refractivity contribution in [1.29, 1.82) is 0 Å². The lowest BCUT2D eigenvalue weighted by Gasteiger charge is -2.03. The number of aromatic nitrogens is 1. The van der Waals surface area contributed by atoms with Crippen LogP contribution in [0.25, 0.3) is 11.1 Å². The molecule has 25 heavy (non-hydrogen) atoms. The average Bonchev–Trinajstić information content (AvgIpc) is 2.61. The minimum absolute atomic E-state index is 0.0194. The van der Waals surface area contributed by atoms with Gasteiger partial charge in [0.2, 0.25) is 0 Å². The van der Waals surface area contributed by atoms with Crippen molar-refractivity contribution in [2.24, 2.45) is 0 Å². The summed E-state index contributed by atoms with van der Waals surface area (Å²) in [6, 6.07) is 14.6. The van der Waals surface area contributed by atoms with Crippen molar-refractivity contribution in [1.82, 2.24) is 10.3 Å². The van der Waals surface area contributed by atoms with Gasteiger partial charge in [-0.15, -0.1) is 0 Å². The zero-order valence-electron chi connectivity index (χ0n) is 15.0. The molecule has 1 N–H and O–H groups in total. The molecule has 2 aromatic rings. The molecule has 134 valence electrons. The molecule has 1 aromatic carbocycles. The van der Waals surface area contributed by atoms with Gasteiger partial charge in [0.1, 0.15) is 0 Å². The van der Waals surface area contributed by atoms with Gasteiger partial charge in [0.05, 0.1) is 27.3 Å². The van der Waals surface area contributed by atoms with Crippen molar-refractivity contribution in [2.75, 3.05) is 27.3 Å². The Balaban J connectivity index is 0.000000260. The minimum atomic E-state index is -0.408. The summed E-state index contributed by atoms with van der Waals surface area (Å²) < 4.78 is 8.62. The van der Waals surface area contributed by atoms with Gasteiger partial charge in [0.15, 0.2) is 0 Å². The molecule has 0 atom stereocenters. The zero-order chi connectivity index (χ0) is 18.7. The molecule has 6 nitrogen and oxygen atoms in total. The molecule has 0 saturated carbocycles. The highest BCUT2D eigenvalue weighted by molar-refractivity contribution is 5.74. The lowest BCUT2D eigenvalue weighted by molar-refractivity contribution is -0.141. The summed E-state index contributed by atoms with van der Waals surface area (Å²) in [5.74, 6) is -0.817. The number of rotatable bonds is 5. The van der Waals surface area contributed by atoms with Gasteiger partial charge in [-0.05, 0) is 37.1 Å². The Kier molecular flexibility index (Phi) is 8.89. The van der Waals surface area contributed by atoms with Gasteiger partial charge in [-0.2, -0.15) is 0 Å². The third kappa shape index (κ3) is 8.08. The molecule has 0 bridgehead atoms. The number of carbonyl (C=O) groups excluding carboxylic acids is 2. The van der Waals surface area contributed by atoms with Crippen LogP contribution in [0.2, 0.25) is 0 Å². The number of nitrogens with zero attached hydrogens (tertiary/aromatic N) is 1. The molecule has 6 heteroatoms. The molecule has 0 saturated heterocycles. The van der Waals surface area contributed by atoms with E-state index >= 15 is 0 Å². The second kappa shape index (κ2) is 10.9. The predicted molar refractivity (Wildman–Crippen MR) is 96.0 cm³/mol. The fourth-order valence-electron chi connectivity index (χ4n) is 2.04. The van der Waals surface area contributed by atoms with Gasteiger partial charge in [-0.25, -0.2) is 0 Å². The summed E-state index contributed by atoms with van der Waals surface area (Å²) in [6.45, 7) is 4.09. The molecule has 2 rings (SSSR count). The van der Waals surface area contributed by atoms with Crippen molar-refractivity contribution < 1.29 is 19.1 Å². The van der Waals surface area contributed by atoms with Crippen LogP contribution in [0.5, 0.6) is 0 Å². The van der Waals surface area contributed by atoms with Gasteiger partial charge in [0.25, 0.3) is 0 Å². The summed E-state index contributed by atoms with van der Waals surface area (Å²) in [6.07, 6.45) is 0. The Morgan fingerprint density at radius 1 is 0.880 bits per heavy atom. The van der Waals surface area contributed by atoms with Gasteiger partial charge in [-0.1, -0.05) is 30.3 Å². The van der Waals surface area contributed by atoms with E-state index < -0.39 is 11.9 Å². The molecule has 0 amide bonds. The normalized spacial score (nSPS) is 9.60. The average molecular weight is 344 g/mol. The monoisotopic (exact) mass is 344 g/mol. The number of methoxy groups -OCH3 is 2. The van der Waals surface area contributed by atoms with Crippen molar-refractivity contribution in [3.05, 3.63) is 53.9 Å². The van der Waals surface area contributed by atoms with E-state index in [4.69, 9.17) is 0 Å². The first-order valence-electron chi connectivity index (χ1n) is 7.81. The second-order valence-corrected chi connectivity index (χ2v) is 5.26. The Morgan fingerprint density at radius 2 is 1.36 bits per heavy atom. The number of hydrogen-bond donors (Lipinski definition) is 1. The highest BCUT2D eigenvalue weighted by atomic mass is 16.5. The van der Waals surface area contributed by atoms with Crippen LogP contribution < -0.4 is 5.32 Å². The van der Waals surface area contributed by atoms with Gasteiger partial charge in [0, 0.05) is 11.4 Å². The first-order valence-corrected chi connectivity index (χ1v) is 7.81. The van der Waals surface area contributed by atoms with E-state index in [1.54, 1.807) is 0 Å². The van der Waals surface area contributed by atoms with Crippen LogP contribution in [0.1, 0.15) is 11.4 Å². The lowest BCUT2D eigenvalue weighted by atomic mass is 10.1. The molecule has 1 heterocycles. The van der Waals surface area contributed by atoms with E-state index in [0.717, 1.165) is 11.4 Å². The van der Waals surface area contributed by atoms with E-state index in [2.05, 4.69) is 56.2 Å². The van der Waals surface area contributed by atoms with Crippen LogP contribution in [0.4, 0.5) is 0 Å². The molecular weight excluding hydrogens is 320 g/mol. The summed E-state index contributed by atoms with van der Waals surface area (Å²) in [5.41, 5.74) is 4.64. The highest BCUT2D eigenvalue weighted by Crippen LogP contribution is 2.19. The topological polar surface area (TPSA) is 77.5 Å².